The summed E-state index contributed by atoms with van der Waals surface area (Å²) in [6.07, 6.45) is 9.49. The minimum atomic E-state index is -0.0770. The molecule has 2 aliphatic rings. The first-order valence-corrected chi connectivity index (χ1v) is 9.97. The van der Waals surface area contributed by atoms with Gasteiger partial charge in [-0.25, -0.2) is 0 Å². The minimum Gasteiger partial charge on any atom is -0.381 e. The molecular formula is C20H30ClN3O. The van der Waals surface area contributed by atoms with E-state index in [4.69, 9.17) is 27.1 Å². The number of hydrogen-bond donors (Lipinski definition) is 2. The van der Waals surface area contributed by atoms with E-state index in [9.17, 15) is 0 Å². The first-order valence-electron chi connectivity index (χ1n) is 9.59. The lowest BCUT2D eigenvalue weighted by molar-refractivity contribution is 0.0531. The fourth-order valence-corrected chi connectivity index (χ4v) is 4.42. The van der Waals surface area contributed by atoms with Gasteiger partial charge in [0.1, 0.15) is 0 Å². The van der Waals surface area contributed by atoms with Crippen molar-refractivity contribution in [2.45, 2.75) is 62.8 Å². The molecule has 1 aliphatic carbocycles. The summed E-state index contributed by atoms with van der Waals surface area (Å²) in [5.74, 6) is 0.574. The van der Waals surface area contributed by atoms with E-state index >= 15 is 0 Å². The van der Waals surface area contributed by atoms with E-state index in [1.54, 1.807) is 0 Å². The van der Waals surface area contributed by atoms with Gasteiger partial charge in [0.2, 0.25) is 0 Å². The molecule has 0 amide bonds. The molecule has 0 radical (unpaired) electrons. The number of halogens is 1. The number of benzene rings is 1. The Morgan fingerprint density at radius 3 is 2.52 bits per heavy atom. The number of nitrogens with one attached hydrogen (secondary N) is 1. The van der Waals surface area contributed by atoms with Crippen molar-refractivity contribution in [3.05, 3.63) is 34.9 Å². The quantitative estimate of drug-likeness (QED) is 0.482. The SMILES string of the molecule is NC(=NCC1(c2ccccc2Cl)CCOCC1)NC1CCCCCC1. The van der Waals surface area contributed by atoms with Crippen LogP contribution in [0.1, 0.15) is 56.9 Å². The first-order chi connectivity index (χ1) is 12.2. The van der Waals surface area contributed by atoms with Crippen LogP contribution in [0.3, 0.4) is 0 Å². The van der Waals surface area contributed by atoms with Crippen LogP contribution < -0.4 is 11.1 Å². The van der Waals surface area contributed by atoms with E-state index in [0.29, 0.717) is 18.5 Å². The monoisotopic (exact) mass is 363 g/mol. The zero-order chi connectivity index (χ0) is 17.5. The van der Waals surface area contributed by atoms with Crippen LogP contribution in [-0.4, -0.2) is 31.8 Å². The number of hydrogen-bond acceptors (Lipinski definition) is 2. The van der Waals surface area contributed by atoms with Crippen molar-refractivity contribution in [1.29, 1.82) is 0 Å². The van der Waals surface area contributed by atoms with Gasteiger partial charge in [0, 0.05) is 29.7 Å². The van der Waals surface area contributed by atoms with Crippen LogP contribution in [0.25, 0.3) is 0 Å². The molecule has 3 rings (SSSR count). The highest BCUT2D eigenvalue weighted by Crippen LogP contribution is 2.38. The van der Waals surface area contributed by atoms with E-state index < -0.39 is 0 Å². The fraction of sp³-hybridized carbons (Fsp3) is 0.650. The topological polar surface area (TPSA) is 59.6 Å². The summed E-state index contributed by atoms with van der Waals surface area (Å²) < 4.78 is 5.59. The highest BCUT2D eigenvalue weighted by molar-refractivity contribution is 6.31. The van der Waals surface area contributed by atoms with Gasteiger partial charge in [-0.2, -0.15) is 0 Å². The standard InChI is InChI=1S/C20H30ClN3O/c21-18-10-6-5-9-17(18)20(11-13-25-14-12-20)15-23-19(22)24-16-7-3-1-2-4-8-16/h5-6,9-10,16H,1-4,7-8,11-15H2,(H3,22,23,24). The van der Waals surface area contributed by atoms with Crippen LogP contribution in [0.4, 0.5) is 0 Å². The Kier molecular flexibility index (Phi) is 6.60. The van der Waals surface area contributed by atoms with Gasteiger partial charge in [0.15, 0.2) is 5.96 Å². The molecule has 0 unspecified atom stereocenters. The Morgan fingerprint density at radius 2 is 1.84 bits per heavy atom. The summed E-state index contributed by atoms with van der Waals surface area (Å²) in [6, 6.07) is 8.58. The number of aliphatic imine (C=N–C) groups is 1. The number of rotatable bonds is 4. The van der Waals surface area contributed by atoms with Gasteiger partial charge in [-0.15, -0.1) is 0 Å². The largest absolute Gasteiger partial charge is 0.381 e. The van der Waals surface area contributed by atoms with Crippen LogP contribution in [-0.2, 0) is 10.2 Å². The van der Waals surface area contributed by atoms with Crippen LogP contribution in [0.15, 0.2) is 29.3 Å². The number of nitrogens with two attached hydrogens (primary N) is 1. The molecule has 1 saturated heterocycles. The van der Waals surface area contributed by atoms with Crippen LogP contribution in [0.2, 0.25) is 5.02 Å². The van der Waals surface area contributed by atoms with Gasteiger partial charge in [-0.3, -0.25) is 4.99 Å². The molecule has 2 fully saturated rings. The number of guanidine groups is 1. The van der Waals surface area contributed by atoms with Crippen molar-refractivity contribution in [1.82, 2.24) is 5.32 Å². The third-order valence-electron chi connectivity index (χ3n) is 5.65. The van der Waals surface area contributed by atoms with E-state index in [1.807, 2.05) is 12.1 Å². The van der Waals surface area contributed by atoms with Crippen molar-refractivity contribution >= 4 is 17.6 Å². The van der Waals surface area contributed by atoms with Crippen molar-refractivity contribution in [3.8, 4) is 0 Å². The number of nitrogens with zero attached hydrogens (tertiary/aromatic N) is 1. The summed E-state index contributed by atoms with van der Waals surface area (Å²) in [6.45, 7) is 2.15. The molecule has 138 valence electrons. The molecule has 1 aliphatic heterocycles. The maximum Gasteiger partial charge on any atom is 0.188 e. The zero-order valence-electron chi connectivity index (χ0n) is 15.0. The van der Waals surface area contributed by atoms with E-state index in [2.05, 4.69) is 17.4 Å². The van der Waals surface area contributed by atoms with E-state index in [0.717, 1.165) is 31.1 Å². The van der Waals surface area contributed by atoms with Gasteiger partial charge >= 0.3 is 0 Å². The smallest absolute Gasteiger partial charge is 0.188 e. The Bertz CT molecular complexity index is 576. The molecule has 1 saturated carbocycles. The van der Waals surface area contributed by atoms with E-state index in [1.165, 1.54) is 44.1 Å². The lowest BCUT2D eigenvalue weighted by atomic mass is 9.74. The molecule has 1 heterocycles. The Labute approximate surface area is 156 Å². The third kappa shape index (κ3) is 4.89. The summed E-state index contributed by atoms with van der Waals surface area (Å²) in [7, 11) is 0. The highest BCUT2D eigenvalue weighted by Gasteiger charge is 2.36. The van der Waals surface area contributed by atoms with Crippen LogP contribution in [0.5, 0.6) is 0 Å². The summed E-state index contributed by atoms with van der Waals surface area (Å²) >= 11 is 6.50. The van der Waals surface area contributed by atoms with Gasteiger partial charge in [-0.1, -0.05) is 55.5 Å². The average molecular weight is 364 g/mol. The Balaban J connectivity index is 1.71. The second-order valence-electron chi connectivity index (χ2n) is 7.41. The predicted octanol–water partition coefficient (Wildman–Crippen LogP) is 4.02. The van der Waals surface area contributed by atoms with Gasteiger partial charge in [0.25, 0.3) is 0 Å². The van der Waals surface area contributed by atoms with Gasteiger partial charge in [-0.05, 0) is 37.3 Å². The lowest BCUT2D eigenvalue weighted by Gasteiger charge is -2.37. The Hall–Kier alpha value is -1.26. The molecule has 4 nitrogen and oxygen atoms in total. The number of ether oxygens (including phenoxy) is 1. The van der Waals surface area contributed by atoms with E-state index in [-0.39, 0.29) is 5.41 Å². The summed E-state index contributed by atoms with van der Waals surface area (Å²) in [4.78, 5) is 4.73. The molecule has 25 heavy (non-hydrogen) atoms. The second-order valence-corrected chi connectivity index (χ2v) is 7.81. The maximum atomic E-state index is 6.50. The Morgan fingerprint density at radius 1 is 1.16 bits per heavy atom. The molecule has 0 aromatic heterocycles. The lowest BCUT2D eigenvalue weighted by Crippen LogP contribution is -2.42. The molecule has 0 bridgehead atoms. The highest BCUT2D eigenvalue weighted by atomic mass is 35.5. The molecule has 5 heteroatoms. The van der Waals surface area contributed by atoms with Crippen molar-refractivity contribution in [3.63, 3.8) is 0 Å². The molecule has 1 aromatic carbocycles. The van der Waals surface area contributed by atoms with Gasteiger partial charge < -0.3 is 15.8 Å². The van der Waals surface area contributed by atoms with Crippen molar-refractivity contribution in [2.75, 3.05) is 19.8 Å². The zero-order valence-corrected chi connectivity index (χ0v) is 15.7. The molecule has 1 aromatic rings. The normalized spacial score (nSPS) is 22.4. The molecular weight excluding hydrogens is 334 g/mol. The maximum absolute atomic E-state index is 6.50. The van der Waals surface area contributed by atoms with Crippen molar-refractivity contribution in [2.24, 2.45) is 10.7 Å². The van der Waals surface area contributed by atoms with Crippen LogP contribution in [0, 0.1) is 0 Å². The summed E-state index contributed by atoms with van der Waals surface area (Å²) in [5, 5.41) is 4.26. The minimum absolute atomic E-state index is 0.0770. The second kappa shape index (κ2) is 8.91. The molecule has 3 N–H and O–H groups in total. The molecule has 0 atom stereocenters. The summed E-state index contributed by atoms with van der Waals surface area (Å²) in [5.41, 5.74) is 7.32. The third-order valence-corrected chi connectivity index (χ3v) is 5.98. The first kappa shape index (κ1) is 18.5. The van der Waals surface area contributed by atoms with Crippen LogP contribution >= 0.6 is 11.6 Å². The fourth-order valence-electron chi connectivity index (χ4n) is 4.08. The van der Waals surface area contributed by atoms with Gasteiger partial charge in [0.05, 0.1) is 6.54 Å². The average Bonchev–Trinajstić information content (AvgIpc) is 2.90. The van der Waals surface area contributed by atoms with Crippen molar-refractivity contribution < 1.29 is 4.74 Å². The predicted molar refractivity (Wildman–Crippen MR) is 104 cm³/mol. The molecule has 0 spiro atoms.